The van der Waals surface area contributed by atoms with E-state index in [2.05, 4.69) is 29.2 Å². The zero-order valence-corrected chi connectivity index (χ0v) is 12.4. The van der Waals surface area contributed by atoms with Gasteiger partial charge < -0.3 is 4.42 Å². The van der Waals surface area contributed by atoms with E-state index >= 15 is 0 Å². The first-order valence-electron chi connectivity index (χ1n) is 6.88. The van der Waals surface area contributed by atoms with Gasteiger partial charge in [-0.3, -0.25) is 0 Å². The quantitative estimate of drug-likeness (QED) is 0.497. The average Bonchev–Trinajstić information content (AvgIpc) is 2.84. The fourth-order valence-electron chi connectivity index (χ4n) is 2.98. The summed E-state index contributed by atoms with van der Waals surface area (Å²) in [6.07, 6.45) is 6.65. The van der Waals surface area contributed by atoms with E-state index in [-0.39, 0.29) is 0 Å². The van der Waals surface area contributed by atoms with E-state index < -0.39 is 10.2 Å². The highest BCUT2D eigenvalue weighted by Gasteiger charge is 2.26. The third-order valence-corrected chi connectivity index (χ3v) is 3.77. The summed E-state index contributed by atoms with van der Waals surface area (Å²) in [5, 5.41) is 1.33. The first-order valence-corrected chi connectivity index (χ1v) is 8.11. The first kappa shape index (κ1) is 15.2. The maximum absolute atomic E-state index is 8.49. The largest absolute Gasteiger partial charge is 0.462 e. The normalized spacial score (nSPS) is 14.5. The van der Waals surface area contributed by atoms with E-state index in [9.17, 15) is 0 Å². The SMILES string of the molecule is [O-][Cl+3]([O-])([O-])[O-].c1ccc2c3c4c(occ-3[nH+]c2c1)CCCC4. The van der Waals surface area contributed by atoms with Gasteiger partial charge in [0.25, 0.3) is 0 Å². The van der Waals surface area contributed by atoms with Crippen molar-refractivity contribution in [2.24, 2.45) is 0 Å². The summed E-state index contributed by atoms with van der Waals surface area (Å²) in [5.74, 6) is 1.19. The van der Waals surface area contributed by atoms with Gasteiger partial charge in [0.15, 0.2) is 6.26 Å². The van der Waals surface area contributed by atoms with Crippen LogP contribution in [0.3, 0.4) is 0 Å². The van der Waals surface area contributed by atoms with E-state index in [1.54, 1.807) is 0 Å². The minimum absolute atomic E-state index is 1.09. The number of nitrogens with one attached hydrogen (secondary N) is 1. The van der Waals surface area contributed by atoms with Gasteiger partial charge >= 0.3 is 0 Å². The highest BCUT2D eigenvalue weighted by molar-refractivity contribution is 5.94. The number of aromatic amines is 1. The van der Waals surface area contributed by atoms with Gasteiger partial charge in [-0.1, -0.05) is 12.1 Å². The van der Waals surface area contributed by atoms with Gasteiger partial charge in [-0.25, -0.2) is 23.6 Å². The summed E-state index contributed by atoms with van der Waals surface area (Å²) < 4.78 is 39.7. The number of hydrogen-bond donors (Lipinski definition) is 0. The van der Waals surface area contributed by atoms with Gasteiger partial charge in [-0.2, -0.15) is 0 Å². The van der Waals surface area contributed by atoms with E-state index in [0.717, 1.165) is 18.5 Å². The Morgan fingerprint density at radius 3 is 2.45 bits per heavy atom. The average molecular weight is 324 g/mol. The molecule has 0 fully saturated rings. The van der Waals surface area contributed by atoms with E-state index in [4.69, 9.17) is 23.1 Å². The summed E-state index contributed by atoms with van der Waals surface area (Å²) >= 11 is 0. The van der Waals surface area contributed by atoms with Crippen molar-refractivity contribution in [2.45, 2.75) is 25.7 Å². The van der Waals surface area contributed by atoms with Crippen molar-refractivity contribution in [3.63, 3.8) is 0 Å². The number of fused-ring (bicyclic) bond motifs is 5. The Labute approximate surface area is 128 Å². The fraction of sp³-hybridized carbons (Fsp3) is 0.267. The number of H-pyrrole nitrogens is 1. The molecule has 4 rings (SSSR count). The molecule has 116 valence electrons. The van der Waals surface area contributed by atoms with Gasteiger partial charge in [-0.05, 0) is 25.3 Å². The Bertz CT molecular complexity index is 758. The van der Waals surface area contributed by atoms with Crippen LogP contribution in [0.4, 0.5) is 0 Å². The summed E-state index contributed by atoms with van der Waals surface area (Å²) in [6.45, 7) is 0. The molecule has 1 N–H and O–H groups in total. The highest BCUT2D eigenvalue weighted by Crippen LogP contribution is 2.36. The summed E-state index contributed by atoms with van der Waals surface area (Å²) in [4.78, 5) is 3.43. The van der Waals surface area contributed by atoms with Crippen molar-refractivity contribution < 1.29 is 38.3 Å². The standard InChI is InChI=1S/C15H13NO.ClHO4/c1-3-7-12-10(5-1)15-11-6-2-4-8-14(11)17-9-13(15)16-12;2-1(3,4)5/h1,3,5,7,9H,2,4,6,8H2;(H,2,3,4,5). The van der Waals surface area contributed by atoms with Crippen molar-refractivity contribution in [1.29, 1.82) is 0 Å². The number of benzene rings is 1. The Kier molecular flexibility index (Phi) is 4.03. The number of aryl methyl sites for hydroxylation is 1. The van der Waals surface area contributed by atoms with Crippen molar-refractivity contribution >= 4 is 10.9 Å². The molecule has 0 saturated carbocycles. The van der Waals surface area contributed by atoms with Gasteiger partial charge in [-0.15, -0.1) is 10.2 Å². The lowest BCUT2D eigenvalue weighted by atomic mass is 9.91. The Balaban J connectivity index is 0.000000254. The van der Waals surface area contributed by atoms with Crippen LogP contribution in [0.15, 0.2) is 34.9 Å². The monoisotopic (exact) mass is 323 g/mol. The third-order valence-electron chi connectivity index (χ3n) is 3.77. The molecular formula is C15H14ClNO5. The second-order valence-corrected chi connectivity index (χ2v) is 5.94. The van der Waals surface area contributed by atoms with Crippen LogP contribution in [-0.2, 0) is 12.8 Å². The second-order valence-electron chi connectivity index (χ2n) is 5.18. The second kappa shape index (κ2) is 5.83. The number of halogens is 1. The zero-order valence-electron chi connectivity index (χ0n) is 11.6. The zero-order chi connectivity index (χ0) is 15.7. The minimum atomic E-state index is -4.94. The van der Waals surface area contributed by atoms with E-state index in [1.807, 2.05) is 6.26 Å². The van der Waals surface area contributed by atoms with Crippen LogP contribution in [0.5, 0.6) is 0 Å². The number of aromatic nitrogens is 1. The molecule has 0 bridgehead atoms. The molecule has 1 aromatic carbocycles. The molecule has 0 unspecified atom stereocenters. The Hall–Kier alpha value is -1.70. The third kappa shape index (κ3) is 3.21. The topological polar surface area (TPSA) is 120 Å². The molecule has 0 amide bonds. The Morgan fingerprint density at radius 2 is 1.68 bits per heavy atom. The van der Waals surface area contributed by atoms with Gasteiger partial charge in [0.2, 0.25) is 11.2 Å². The van der Waals surface area contributed by atoms with Crippen molar-refractivity contribution in [3.8, 4) is 11.3 Å². The predicted molar refractivity (Wildman–Crippen MR) is 66.0 cm³/mol. The summed E-state index contributed by atoms with van der Waals surface area (Å²) in [5.41, 5.74) is 5.14. The molecule has 1 aliphatic carbocycles. The molecule has 0 saturated heterocycles. The van der Waals surface area contributed by atoms with Crippen LogP contribution in [0.2, 0.25) is 0 Å². The first-order chi connectivity index (χ1) is 10.4. The number of para-hydroxylation sites is 1. The van der Waals surface area contributed by atoms with Crippen LogP contribution < -0.4 is 23.6 Å². The van der Waals surface area contributed by atoms with Crippen LogP contribution >= 0.6 is 0 Å². The molecule has 6 nitrogen and oxygen atoms in total. The highest BCUT2D eigenvalue weighted by atomic mass is 35.7. The van der Waals surface area contributed by atoms with Gasteiger partial charge in [0.1, 0.15) is 5.76 Å². The lowest BCUT2D eigenvalue weighted by molar-refractivity contribution is -2.00. The molecule has 0 spiro atoms. The van der Waals surface area contributed by atoms with Crippen LogP contribution in [0.25, 0.3) is 22.2 Å². The molecule has 7 heteroatoms. The molecule has 0 atom stereocenters. The molecular weight excluding hydrogens is 310 g/mol. The van der Waals surface area contributed by atoms with Crippen LogP contribution in [0.1, 0.15) is 24.2 Å². The smallest absolute Gasteiger partial charge is 0.248 e. The molecule has 0 aromatic heterocycles. The van der Waals surface area contributed by atoms with Gasteiger partial charge in [0, 0.05) is 18.1 Å². The fourth-order valence-corrected chi connectivity index (χ4v) is 2.98. The Morgan fingerprint density at radius 1 is 1.00 bits per heavy atom. The maximum atomic E-state index is 8.49. The number of hydrogen-bond acceptors (Lipinski definition) is 5. The molecule has 0 radical (unpaired) electrons. The molecule has 2 aliphatic heterocycles. The lowest BCUT2D eigenvalue weighted by Crippen LogP contribution is -2.68. The van der Waals surface area contributed by atoms with Crippen LogP contribution in [0, 0.1) is 10.2 Å². The van der Waals surface area contributed by atoms with Crippen molar-refractivity contribution in [3.05, 3.63) is 41.9 Å². The summed E-state index contributed by atoms with van der Waals surface area (Å²) in [7, 11) is -4.94. The molecule has 1 aromatic rings. The van der Waals surface area contributed by atoms with Crippen molar-refractivity contribution in [2.75, 3.05) is 0 Å². The van der Waals surface area contributed by atoms with Crippen LogP contribution in [-0.4, -0.2) is 0 Å². The van der Waals surface area contributed by atoms with E-state index in [1.165, 1.54) is 40.6 Å². The lowest BCUT2D eigenvalue weighted by Gasteiger charge is -2.17. The molecule has 22 heavy (non-hydrogen) atoms. The number of rotatable bonds is 0. The maximum Gasteiger partial charge on any atom is 0.248 e. The van der Waals surface area contributed by atoms with Crippen molar-refractivity contribution in [1.82, 2.24) is 0 Å². The molecule has 2 heterocycles. The predicted octanol–water partition coefficient (Wildman–Crippen LogP) is -1.53. The van der Waals surface area contributed by atoms with Gasteiger partial charge in [0.05, 0.1) is 10.9 Å². The van der Waals surface area contributed by atoms with E-state index in [0.29, 0.717) is 0 Å². The summed E-state index contributed by atoms with van der Waals surface area (Å²) in [6, 6.07) is 8.50. The minimum Gasteiger partial charge on any atom is -0.462 e. The molecule has 3 aliphatic rings.